The molecule has 1 aliphatic carbocycles. The Balaban J connectivity index is 1.70. The zero-order valence-corrected chi connectivity index (χ0v) is 14.0. The van der Waals surface area contributed by atoms with Gasteiger partial charge in [0.05, 0.1) is 0 Å². The van der Waals surface area contributed by atoms with Crippen molar-refractivity contribution in [2.75, 3.05) is 31.6 Å². The molecule has 21 heavy (non-hydrogen) atoms. The molecule has 1 aliphatic heterocycles. The normalized spacial score (nSPS) is 25.5. The van der Waals surface area contributed by atoms with Crippen LogP contribution in [0.4, 0.5) is 0 Å². The van der Waals surface area contributed by atoms with Crippen LogP contribution in [0.15, 0.2) is 30.3 Å². The molecule has 1 atom stereocenters. The molecule has 2 fully saturated rings. The predicted octanol–water partition coefficient (Wildman–Crippen LogP) is 3.70. The van der Waals surface area contributed by atoms with Crippen molar-refractivity contribution >= 4 is 11.8 Å². The average molecular weight is 305 g/mol. The van der Waals surface area contributed by atoms with E-state index >= 15 is 0 Å². The van der Waals surface area contributed by atoms with Gasteiger partial charge in [-0.3, -0.25) is 4.90 Å². The molecule has 3 rings (SSSR count). The predicted molar refractivity (Wildman–Crippen MR) is 93.0 cm³/mol. The number of rotatable bonds is 5. The van der Waals surface area contributed by atoms with Gasteiger partial charge in [-0.25, -0.2) is 0 Å². The molecule has 0 aromatic heterocycles. The third-order valence-electron chi connectivity index (χ3n) is 5.26. The van der Waals surface area contributed by atoms with Gasteiger partial charge in [0.1, 0.15) is 0 Å². The van der Waals surface area contributed by atoms with E-state index < -0.39 is 0 Å². The molecule has 116 valence electrons. The highest BCUT2D eigenvalue weighted by Crippen LogP contribution is 2.39. The van der Waals surface area contributed by atoms with Crippen LogP contribution in [0.3, 0.4) is 0 Å². The summed E-state index contributed by atoms with van der Waals surface area (Å²) in [5.41, 5.74) is 1.91. The maximum absolute atomic E-state index is 3.84. The fourth-order valence-corrected chi connectivity index (χ4v) is 4.48. The van der Waals surface area contributed by atoms with Gasteiger partial charge < -0.3 is 5.32 Å². The molecule has 1 aromatic carbocycles. The number of benzene rings is 1. The van der Waals surface area contributed by atoms with Crippen LogP contribution in [-0.2, 0) is 0 Å². The maximum Gasteiger partial charge on any atom is 0.0450 e. The van der Waals surface area contributed by atoms with Gasteiger partial charge in [-0.15, -0.1) is 0 Å². The van der Waals surface area contributed by atoms with Crippen molar-refractivity contribution < 1.29 is 0 Å². The minimum Gasteiger partial charge on any atom is -0.307 e. The minimum absolute atomic E-state index is 0.462. The third-order valence-corrected chi connectivity index (χ3v) is 5.96. The van der Waals surface area contributed by atoms with Gasteiger partial charge in [-0.2, -0.15) is 11.8 Å². The van der Waals surface area contributed by atoms with Crippen LogP contribution < -0.4 is 5.32 Å². The standard InChI is InChI=1S/C18H28N2S/c1-21-13-7-12-20-14-17(16-8-3-2-4-9-16)19-15-18(20)10-5-6-11-18/h2-4,8-9,17,19H,5-7,10-15H2,1H3. The van der Waals surface area contributed by atoms with Crippen molar-refractivity contribution in [3.05, 3.63) is 35.9 Å². The number of piperazine rings is 1. The summed E-state index contributed by atoms with van der Waals surface area (Å²) in [5.74, 6) is 1.29. The lowest BCUT2D eigenvalue weighted by Crippen LogP contribution is -2.60. The molecule has 0 radical (unpaired) electrons. The summed E-state index contributed by atoms with van der Waals surface area (Å²) in [7, 11) is 0. The van der Waals surface area contributed by atoms with E-state index in [1.807, 2.05) is 11.8 Å². The van der Waals surface area contributed by atoms with Crippen molar-refractivity contribution in [1.29, 1.82) is 0 Å². The SMILES string of the molecule is CSCCCN1CC(c2ccccc2)NCC12CCCC2. The molecule has 3 heteroatoms. The van der Waals surface area contributed by atoms with Gasteiger partial charge >= 0.3 is 0 Å². The van der Waals surface area contributed by atoms with Crippen LogP contribution in [0.1, 0.15) is 43.7 Å². The molecular weight excluding hydrogens is 276 g/mol. The molecule has 0 bridgehead atoms. The van der Waals surface area contributed by atoms with Gasteiger partial charge in [0.25, 0.3) is 0 Å². The van der Waals surface area contributed by atoms with Crippen molar-refractivity contribution in [3.63, 3.8) is 0 Å². The van der Waals surface area contributed by atoms with Gasteiger partial charge in [0.15, 0.2) is 0 Å². The van der Waals surface area contributed by atoms with E-state index in [1.54, 1.807) is 0 Å². The Hall–Kier alpha value is -0.510. The van der Waals surface area contributed by atoms with Crippen LogP contribution >= 0.6 is 11.8 Å². The summed E-state index contributed by atoms with van der Waals surface area (Å²) >= 11 is 1.98. The van der Waals surface area contributed by atoms with Gasteiger partial charge in [0, 0.05) is 24.7 Å². The summed E-state index contributed by atoms with van der Waals surface area (Å²) in [6, 6.07) is 11.5. The van der Waals surface area contributed by atoms with Crippen molar-refractivity contribution in [1.82, 2.24) is 10.2 Å². The number of nitrogens with one attached hydrogen (secondary N) is 1. The Morgan fingerprint density at radius 2 is 2.00 bits per heavy atom. The number of nitrogens with zero attached hydrogens (tertiary/aromatic N) is 1. The summed E-state index contributed by atoms with van der Waals surface area (Å²) < 4.78 is 0. The third kappa shape index (κ3) is 3.46. The monoisotopic (exact) mass is 304 g/mol. The first-order chi connectivity index (χ1) is 10.3. The fourth-order valence-electron chi connectivity index (χ4n) is 4.07. The van der Waals surface area contributed by atoms with E-state index in [0.717, 1.165) is 0 Å². The van der Waals surface area contributed by atoms with Crippen LogP contribution in [0, 0.1) is 0 Å². The van der Waals surface area contributed by atoms with Crippen molar-refractivity contribution in [2.24, 2.45) is 0 Å². The quantitative estimate of drug-likeness (QED) is 0.835. The number of thioether (sulfide) groups is 1. The molecular formula is C18H28N2S. The fraction of sp³-hybridized carbons (Fsp3) is 0.667. The molecule has 1 unspecified atom stereocenters. The Morgan fingerprint density at radius 3 is 2.71 bits per heavy atom. The maximum atomic E-state index is 3.84. The number of hydrogen-bond acceptors (Lipinski definition) is 3. The van der Waals surface area contributed by atoms with Crippen LogP contribution in [0.5, 0.6) is 0 Å². The van der Waals surface area contributed by atoms with E-state index in [0.29, 0.717) is 11.6 Å². The molecule has 2 nitrogen and oxygen atoms in total. The van der Waals surface area contributed by atoms with E-state index in [2.05, 4.69) is 46.8 Å². The zero-order chi connectivity index (χ0) is 14.5. The Bertz CT molecular complexity index is 428. The molecule has 1 aromatic rings. The van der Waals surface area contributed by atoms with Crippen LogP contribution in [0.2, 0.25) is 0 Å². The topological polar surface area (TPSA) is 15.3 Å². The molecule has 1 N–H and O–H groups in total. The Kier molecular flexibility index (Phi) is 5.25. The van der Waals surface area contributed by atoms with Crippen LogP contribution in [0.25, 0.3) is 0 Å². The molecule has 1 saturated carbocycles. The Labute approximate surface area is 133 Å². The van der Waals surface area contributed by atoms with Crippen LogP contribution in [-0.4, -0.2) is 42.1 Å². The lowest BCUT2D eigenvalue weighted by molar-refractivity contribution is 0.0431. The number of hydrogen-bond donors (Lipinski definition) is 1. The summed E-state index contributed by atoms with van der Waals surface area (Å²) in [6.07, 6.45) is 9.15. The molecule has 1 spiro atoms. The van der Waals surface area contributed by atoms with E-state index in [9.17, 15) is 0 Å². The first-order valence-electron chi connectivity index (χ1n) is 8.36. The summed E-state index contributed by atoms with van der Waals surface area (Å²) in [6.45, 7) is 3.62. The summed E-state index contributed by atoms with van der Waals surface area (Å²) in [5, 5.41) is 3.84. The van der Waals surface area contributed by atoms with E-state index in [1.165, 1.54) is 63.1 Å². The van der Waals surface area contributed by atoms with Crippen molar-refractivity contribution in [3.8, 4) is 0 Å². The Morgan fingerprint density at radius 1 is 1.24 bits per heavy atom. The van der Waals surface area contributed by atoms with Crippen molar-refractivity contribution in [2.45, 2.75) is 43.7 Å². The zero-order valence-electron chi connectivity index (χ0n) is 13.2. The first kappa shape index (κ1) is 15.4. The second-order valence-corrected chi connectivity index (χ2v) is 7.55. The summed E-state index contributed by atoms with van der Waals surface area (Å²) in [4.78, 5) is 2.82. The molecule has 0 amide bonds. The molecule has 1 heterocycles. The lowest BCUT2D eigenvalue weighted by Gasteiger charge is -2.48. The highest BCUT2D eigenvalue weighted by molar-refractivity contribution is 7.98. The second kappa shape index (κ2) is 7.17. The highest BCUT2D eigenvalue weighted by atomic mass is 32.2. The molecule has 2 aliphatic rings. The lowest BCUT2D eigenvalue weighted by atomic mass is 9.89. The first-order valence-corrected chi connectivity index (χ1v) is 9.76. The van der Waals surface area contributed by atoms with E-state index in [4.69, 9.17) is 0 Å². The van der Waals surface area contributed by atoms with Gasteiger partial charge in [-0.05, 0) is 43.4 Å². The minimum atomic E-state index is 0.462. The van der Waals surface area contributed by atoms with Gasteiger partial charge in [-0.1, -0.05) is 43.2 Å². The highest BCUT2D eigenvalue weighted by Gasteiger charge is 2.43. The smallest absolute Gasteiger partial charge is 0.0450 e. The average Bonchev–Trinajstić information content (AvgIpc) is 3.00. The largest absolute Gasteiger partial charge is 0.307 e. The van der Waals surface area contributed by atoms with Gasteiger partial charge in [0.2, 0.25) is 0 Å². The molecule has 1 saturated heterocycles. The van der Waals surface area contributed by atoms with E-state index in [-0.39, 0.29) is 0 Å². The second-order valence-electron chi connectivity index (χ2n) is 6.57.